The summed E-state index contributed by atoms with van der Waals surface area (Å²) in [6, 6.07) is -0.479. The molecule has 1 heterocycles. The minimum absolute atomic E-state index is 0.0502. The molecule has 0 spiro atoms. The SMILES string of the molecule is CCC(CO)NC(=O)NCc1csc(N(C)C)n1. The quantitative estimate of drug-likeness (QED) is 0.715. The van der Waals surface area contributed by atoms with Crippen molar-refractivity contribution >= 4 is 22.5 Å². The van der Waals surface area contributed by atoms with Crippen LogP contribution < -0.4 is 15.5 Å². The van der Waals surface area contributed by atoms with Crippen molar-refractivity contribution in [3.8, 4) is 0 Å². The zero-order chi connectivity index (χ0) is 13.5. The van der Waals surface area contributed by atoms with Gasteiger partial charge in [0.15, 0.2) is 5.13 Å². The van der Waals surface area contributed by atoms with Crippen LogP contribution in [0.1, 0.15) is 19.0 Å². The van der Waals surface area contributed by atoms with Gasteiger partial charge in [-0.1, -0.05) is 6.92 Å². The van der Waals surface area contributed by atoms with Crippen LogP contribution in [0.5, 0.6) is 0 Å². The lowest BCUT2D eigenvalue weighted by atomic mass is 10.2. The first kappa shape index (κ1) is 14.7. The first-order valence-electron chi connectivity index (χ1n) is 5.83. The Kier molecular flexibility index (Phi) is 5.87. The topological polar surface area (TPSA) is 77.5 Å². The van der Waals surface area contributed by atoms with E-state index >= 15 is 0 Å². The van der Waals surface area contributed by atoms with Crippen molar-refractivity contribution in [2.45, 2.75) is 25.9 Å². The molecule has 0 aliphatic carbocycles. The lowest BCUT2D eigenvalue weighted by Gasteiger charge is -2.14. The second-order valence-electron chi connectivity index (χ2n) is 4.13. The second-order valence-corrected chi connectivity index (χ2v) is 4.97. The average molecular weight is 272 g/mol. The summed E-state index contributed by atoms with van der Waals surface area (Å²) in [6.07, 6.45) is 0.700. The van der Waals surface area contributed by atoms with Crippen LogP contribution in [-0.4, -0.2) is 42.9 Å². The van der Waals surface area contributed by atoms with Crippen molar-refractivity contribution in [3.05, 3.63) is 11.1 Å². The number of thiazole rings is 1. The first-order chi connectivity index (χ1) is 8.56. The monoisotopic (exact) mass is 272 g/mol. The largest absolute Gasteiger partial charge is 0.394 e. The van der Waals surface area contributed by atoms with E-state index in [1.807, 2.05) is 31.3 Å². The molecule has 3 N–H and O–H groups in total. The van der Waals surface area contributed by atoms with E-state index in [2.05, 4.69) is 15.6 Å². The van der Waals surface area contributed by atoms with Crippen LogP contribution in [0.4, 0.5) is 9.93 Å². The molecule has 1 unspecified atom stereocenters. The maximum atomic E-state index is 11.5. The Balaban J connectivity index is 2.37. The van der Waals surface area contributed by atoms with Gasteiger partial charge in [0, 0.05) is 19.5 Å². The number of rotatable bonds is 6. The highest BCUT2D eigenvalue weighted by atomic mass is 32.1. The molecule has 0 fully saturated rings. The molecule has 7 heteroatoms. The molecule has 0 aliphatic heterocycles. The van der Waals surface area contributed by atoms with E-state index in [-0.39, 0.29) is 18.7 Å². The van der Waals surface area contributed by atoms with Crippen molar-refractivity contribution in [2.24, 2.45) is 0 Å². The molecule has 1 atom stereocenters. The highest BCUT2D eigenvalue weighted by Crippen LogP contribution is 2.17. The Bertz CT molecular complexity index is 377. The summed E-state index contributed by atoms with van der Waals surface area (Å²) in [5, 5.41) is 17.2. The van der Waals surface area contributed by atoms with E-state index in [1.165, 1.54) is 11.3 Å². The summed E-state index contributed by atoms with van der Waals surface area (Å²) in [4.78, 5) is 17.8. The Morgan fingerprint density at radius 1 is 1.61 bits per heavy atom. The minimum Gasteiger partial charge on any atom is -0.394 e. The van der Waals surface area contributed by atoms with E-state index < -0.39 is 0 Å². The second kappa shape index (κ2) is 7.17. The molecule has 1 aromatic rings. The third-order valence-electron chi connectivity index (χ3n) is 2.40. The lowest BCUT2D eigenvalue weighted by Crippen LogP contribution is -2.43. The highest BCUT2D eigenvalue weighted by Gasteiger charge is 2.09. The maximum absolute atomic E-state index is 11.5. The summed E-state index contributed by atoms with van der Waals surface area (Å²) in [7, 11) is 3.85. The average Bonchev–Trinajstić information content (AvgIpc) is 2.82. The standard InChI is InChI=1S/C11H20N4O2S/c1-4-8(6-16)13-10(17)12-5-9-7-18-11(14-9)15(2)3/h7-8,16H,4-6H2,1-3H3,(H2,12,13,17). The molecule has 18 heavy (non-hydrogen) atoms. The first-order valence-corrected chi connectivity index (χ1v) is 6.71. The van der Waals surface area contributed by atoms with Crippen LogP contribution in [-0.2, 0) is 6.54 Å². The fourth-order valence-corrected chi connectivity index (χ4v) is 2.03. The Morgan fingerprint density at radius 3 is 2.83 bits per heavy atom. The van der Waals surface area contributed by atoms with E-state index in [1.54, 1.807) is 0 Å². The van der Waals surface area contributed by atoms with Gasteiger partial charge < -0.3 is 20.6 Å². The van der Waals surface area contributed by atoms with Gasteiger partial charge in [0.1, 0.15) is 0 Å². The normalized spacial score (nSPS) is 12.0. The van der Waals surface area contributed by atoms with Gasteiger partial charge in [0.2, 0.25) is 0 Å². The van der Waals surface area contributed by atoms with E-state index in [0.29, 0.717) is 13.0 Å². The molecule has 2 amide bonds. The number of carbonyl (C=O) groups is 1. The van der Waals surface area contributed by atoms with Gasteiger partial charge in [-0.2, -0.15) is 0 Å². The van der Waals surface area contributed by atoms with Crippen LogP contribution >= 0.6 is 11.3 Å². The molecule has 0 saturated carbocycles. The number of urea groups is 1. The number of aromatic nitrogens is 1. The van der Waals surface area contributed by atoms with Crippen LogP contribution in [0.15, 0.2) is 5.38 Å². The summed E-state index contributed by atoms with van der Waals surface area (Å²) in [6.45, 7) is 2.24. The van der Waals surface area contributed by atoms with Crippen LogP contribution in [0.3, 0.4) is 0 Å². The van der Waals surface area contributed by atoms with Crippen LogP contribution in [0.2, 0.25) is 0 Å². The number of amides is 2. The van der Waals surface area contributed by atoms with E-state index in [4.69, 9.17) is 5.11 Å². The fourth-order valence-electron chi connectivity index (χ4n) is 1.27. The zero-order valence-electron chi connectivity index (χ0n) is 10.9. The number of nitrogens with one attached hydrogen (secondary N) is 2. The smallest absolute Gasteiger partial charge is 0.315 e. The predicted molar refractivity (Wildman–Crippen MR) is 73.0 cm³/mol. The van der Waals surface area contributed by atoms with Gasteiger partial charge in [-0.25, -0.2) is 9.78 Å². The molecule has 0 bridgehead atoms. The number of hydrogen-bond acceptors (Lipinski definition) is 5. The van der Waals surface area contributed by atoms with Gasteiger partial charge in [-0.3, -0.25) is 0 Å². The number of aliphatic hydroxyl groups excluding tert-OH is 1. The Morgan fingerprint density at radius 2 is 2.33 bits per heavy atom. The third kappa shape index (κ3) is 4.50. The van der Waals surface area contributed by atoms with Crippen molar-refractivity contribution in [3.63, 3.8) is 0 Å². The molecule has 6 nitrogen and oxygen atoms in total. The molecule has 0 aliphatic rings. The molecular weight excluding hydrogens is 252 g/mol. The van der Waals surface area contributed by atoms with Gasteiger partial charge in [-0.15, -0.1) is 11.3 Å². The fraction of sp³-hybridized carbons (Fsp3) is 0.636. The zero-order valence-corrected chi connectivity index (χ0v) is 11.8. The number of aliphatic hydroxyl groups is 1. The molecular formula is C11H20N4O2S. The lowest BCUT2D eigenvalue weighted by molar-refractivity contribution is 0.214. The van der Waals surface area contributed by atoms with Crippen LogP contribution in [0.25, 0.3) is 0 Å². The molecule has 102 valence electrons. The Labute approximate surface area is 111 Å². The molecule has 1 aromatic heterocycles. The third-order valence-corrected chi connectivity index (χ3v) is 3.46. The van der Waals surface area contributed by atoms with Gasteiger partial charge in [0.05, 0.1) is 24.9 Å². The van der Waals surface area contributed by atoms with Crippen molar-refractivity contribution in [1.29, 1.82) is 0 Å². The predicted octanol–water partition coefficient (Wildman–Crippen LogP) is 0.779. The molecule has 0 aromatic carbocycles. The number of carbonyl (C=O) groups excluding carboxylic acids is 1. The summed E-state index contributed by atoms with van der Waals surface area (Å²) in [5.41, 5.74) is 0.830. The Hall–Kier alpha value is -1.34. The van der Waals surface area contributed by atoms with Gasteiger partial charge in [0.25, 0.3) is 0 Å². The number of anilines is 1. The van der Waals surface area contributed by atoms with E-state index in [0.717, 1.165) is 10.8 Å². The van der Waals surface area contributed by atoms with Gasteiger partial charge >= 0.3 is 6.03 Å². The maximum Gasteiger partial charge on any atom is 0.315 e. The van der Waals surface area contributed by atoms with Crippen molar-refractivity contribution in [2.75, 3.05) is 25.6 Å². The molecule has 0 saturated heterocycles. The molecule has 0 radical (unpaired) electrons. The number of nitrogens with zero attached hydrogens (tertiary/aromatic N) is 2. The van der Waals surface area contributed by atoms with E-state index in [9.17, 15) is 4.79 Å². The molecule has 1 rings (SSSR count). The van der Waals surface area contributed by atoms with Crippen molar-refractivity contribution < 1.29 is 9.90 Å². The highest BCUT2D eigenvalue weighted by molar-refractivity contribution is 7.13. The van der Waals surface area contributed by atoms with Gasteiger partial charge in [-0.05, 0) is 6.42 Å². The summed E-state index contributed by atoms with van der Waals surface area (Å²) < 4.78 is 0. The summed E-state index contributed by atoms with van der Waals surface area (Å²) >= 11 is 1.54. The van der Waals surface area contributed by atoms with Crippen molar-refractivity contribution in [1.82, 2.24) is 15.6 Å². The summed E-state index contributed by atoms with van der Waals surface area (Å²) in [5.74, 6) is 0. The minimum atomic E-state index is -0.282. The van der Waals surface area contributed by atoms with Crippen LogP contribution in [0, 0.1) is 0 Å². The number of hydrogen-bond donors (Lipinski definition) is 3.